The van der Waals surface area contributed by atoms with Gasteiger partial charge in [0.05, 0.1) is 11.7 Å². The van der Waals surface area contributed by atoms with Crippen LogP contribution in [0.5, 0.6) is 0 Å². The summed E-state index contributed by atoms with van der Waals surface area (Å²) in [6, 6.07) is 0. The zero-order valence-electron chi connectivity index (χ0n) is 5.66. The molecular weight excluding hydrogens is 142 g/mol. The van der Waals surface area contributed by atoms with Crippen molar-refractivity contribution in [1.29, 1.82) is 0 Å². The molecule has 0 saturated heterocycles. The highest BCUT2D eigenvalue weighted by molar-refractivity contribution is 7.78. The second kappa shape index (κ2) is 4.15. The molecule has 0 aliphatic heterocycles. The van der Waals surface area contributed by atoms with E-state index in [9.17, 15) is 0 Å². The Bertz CT molecular complexity index is 187. The first-order chi connectivity index (χ1) is 4.93. The molecule has 1 aliphatic carbocycles. The van der Waals surface area contributed by atoms with Gasteiger partial charge in [-0.3, -0.25) is 0 Å². The van der Waals surface area contributed by atoms with Crippen LogP contribution >= 0.6 is 12.2 Å². The van der Waals surface area contributed by atoms with Gasteiger partial charge in [0.1, 0.15) is 0 Å². The maximum Gasteiger partial charge on any atom is 0.0584 e. The summed E-state index contributed by atoms with van der Waals surface area (Å²) in [7, 11) is 0. The summed E-state index contributed by atoms with van der Waals surface area (Å²) in [5.41, 5.74) is 0. The average Bonchev–Trinajstić information content (AvgIpc) is 2.41. The molecule has 0 fully saturated rings. The number of thiocarbonyl (C=S) groups is 1. The minimum absolute atomic E-state index is 0.576. The molecule has 1 aliphatic rings. The van der Waals surface area contributed by atoms with Gasteiger partial charge in [0.15, 0.2) is 0 Å². The van der Waals surface area contributed by atoms with E-state index in [-0.39, 0.29) is 0 Å². The molecule has 0 spiro atoms. The highest BCUT2D eigenvalue weighted by Gasteiger charge is 2.00. The Kier molecular flexibility index (Phi) is 3.07. The van der Waals surface area contributed by atoms with Crippen LogP contribution in [0.1, 0.15) is 6.42 Å². The van der Waals surface area contributed by atoms with Crippen LogP contribution in [0.25, 0.3) is 0 Å². The molecule has 52 valence electrons. The Morgan fingerprint density at radius 2 is 2.10 bits per heavy atom. The number of hydrogen-bond acceptors (Lipinski definition) is 2. The number of hydrogen-bond donors (Lipinski definition) is 0. The first kappa shape index (κ1) is 7.39. The average molecular weight is 151 g/mol. The largest absolute Gasteiger partial charge is 0.233 e. The molecular formula is C8H9NS. The predicted molar refractivity (Wildman–Crippen MR) is 46.3 cm³/mol. The lowest BCUT2D eigenvalue weighted by atomic mass is 10.1. The van der Waals surface area contributed by atoms with E-state index >= 15 is 0 Å². The van der Waals surface area contributed by atoms with E-state index in [1.165, 1.54) is 0 Å². The van der Waals surface area contributed by atoms with E-state index in [2.05, 4.69) is 46.7 Å². The zero-order chi connectivity index (χ0) is 7.23. The number of allylic oxidation sites excluding steroid dienone is 4. The molecule has 1 rings (SSSR count). The summed E-state index contributed by atoms with van der Waals surface area (Å²) in [5.74, 6) is 0.576. The first-order valence-electron chi connectivity index (χ1n) is 3.32. The maximum absolute atomic E-state index is 4.44. The summed E-state index contributed by atoms with van der Waals surface area (Å²) >= 11 is 4.44. The molecule has 2 heteroatoms. The normalized spacial score (nSPS) is 15.6. The lowest BCUT2D eigenvalue weighted by molar-refractivity contribution is 0.731. The van der Waals surface area contributed by atoms with Crippen molar-refractivity contribution in [3.63, 3.8) is 0 Å². The van der Waals surface area contributed by atoms with Crippen molar-refractivity contribution in [3.05, 3.63) is 24.3 Å². The van der Waals surface area contributed by atoms with Gasteiger partial charge in [-0.25, -0.2) is 4.99 Å². The van der Waals surface area contributed by atoms with Gasteiger partial charge in [-0.2, -0.15) is 0 Å². The van der Waals surface area contributed by atoms with Crippen LogP contribution in [0.3, 0.4) is 0 Å². The molecule has 0 radical (unpaired) electrons. The van der Waals surface area contributed by atoms with Crippen molar-refractivity contribution in [3.8, 4) is 0 Å². The topological polar surface area (TPSA) is 12.4 Å². The summed E-state index contributed by atoms with van der Waals surface area (Å²) in [6.07, 6.45) is 9.51. The summed E-state index contributed by atoms with van der Waals surface area (Å²) < 4.78 is 0. The third-order valence-electron chi connectivity index (χ3n) is 1.47. The highest BCUT2D eigenvalue weighted by atomic mass is 32.1. The van der Waals surface area contributed by atoms with Gasteiger partial charge in [0, 0.05) is 0 Å². The third-order valence-corrected chi connectivity index (χ3v) is 1.60. The minimum Gasteiger partial charge on any atom is -0.233 e. The predicted octanol–water partition coefficient (Wildman–Crippen LogP) is 2.22. The van der Waals surface area contributed by atoms with E-state index in [0.717, 1.165) is 13.0 Å². The van der Waals surface area contributed by atoms with Gasteiger partial charge in [0.2, 0.25) is 0 Å². The van der Waals surface area contributed by atoms with Crippen LogP contribution in [-0.4, -0.2) is 11.7 Å². The van der Waals surface area contributed by atoms with Gasteiger partial charge in [-0.1, -0.05) is 24.3 Å². The molecule has 0 bridgehead atoms. The smallest absolute Gasteiger partial charge is 0.0584 e. The summed E-state index contributed by atoms with van der Waals surface area (Å²) in [4.78, 5) is 3.83. The zero-order valence-corrected chi connectivity index (χ0v) is 6.47. The van der Waals surface area contributed by atoms with Crippen LogP contribution in [0.15, 0.2) is 29.3 Å². The first-order valence-corrected chi connectivity index (χ1v) is 3.73. The monoisotopic (exact) mass is 151 g/mol. The van der Waals surface area contributed by atoms with Crippen LogP contribution in [0, 0.1) is 5.92 Å². The molecule has 0 saturated carbocycles. The van der Waals surface area contributed by atoms with E-state index in [1.807, 2.05) is 0 Å². The summed E-state index contributed by atoms with van der Waals surface area (Å²) in [5, 5.41) is 2.35. The Morgan fingerprint density at radius 3 is 2.70 bits per heavy atom. The Hall–Kier alpha value is -0.720. The SMILES string of the molecule is S=C=NCCC1C=CC=C1. The highest BCUT2D eigenvalue weighted by Crippen LogP contribution is 2.12. The van der Waals surface area contributed by atoms with Crippen molar-refractivity contribution in [2.24, 2.45) is 10.9 Å². The van der Waals surface area contributed by atoms with E-state index in [1.54, 1.807) is 0 Å². The van der Waals surface area contributed by atoms with Gasteiger partial charge in [0.25, 0.3) is 0 Å². The second-order valence-electron chi connectivity index (χ2n) is 2.20. The van der Waals surface area contributed by atoms with Crippen molar-refractivity contribution in [2.75, 3.05) is 6.54 Å². The van der Waals surface area contributed by atoms with Crippen LogP contribution in [0.4, 0.5) is 0 Å². The van der Waals surface area contributed by atoms with E-state index < -0.39 is 0 Å². The number of isothiocyanates is 1. The fourth-order valence-corrected chi connectivity index (χ4v) is 1.02. The van der Waals surface area contributed by atoms with Crippen LogP contribution in [0.2, 0.25) is 0 Å². The second-order valence-corrected chi connectivity index (χ2v) is 2.38. The van der Waals surface area contributed by atoms with E-state index in [0.29, 0.717) is 5.92 Å². The lowest BCUT2D eigenvalue weighted by Gasteiger charge is -1.98. The fourth-order valence-electron chi connectivity index (χ4n) is 0.930. The molecule has 0 unspecified atom stereocenters. The fraction of sp³-hybridized carbons (Fsp3) is 0.375. The number of aliphatic imine (C=N–C) groups is 1. The van der Waals surface area contributed by atoms with Gasteiger partial charge >= 0.3 is 0 Å². The van der Waals surface area contributed by atoms with Gasteiger partial charge in [-0.15, -0.1) is 0 Å². The quantitative estimate of drug-likeness (QED) is 0.445. The number of nitrogens with zero attached hydrogens (tertiary/aromatic N) is 1. The van der Waals surface area contributed by atoms with Gasteiger partial charge in [-0.05, 0) is 24.6 Å². The molecule has 0 N–H and O–H groups in total. The molecule has 0 aromatic heterocycles. The molecule has 0 aromatic carbocycles. The van der Waals surface area contributed by atoms with Crippen molar-refractivity contribution in [2.45, 2.75) is 6.42 Å². The molecule has 0 amide bonds. The van der Waals surface area contributed by atoms with Crippen molar-refractivity contribution >= 4 is 17.4 Å². The standard InChI is InChI=1S/C8H9NS/c10-7-9-6-5-8-3-1-2-4-8/h1-4,8H,5-6H2. The van der Waals surface area contributed by atoms with Crippen molar-refractivity contribution < 1.29 is 0 Å². The molecule has 1 nitrogen and oxygen atoms in total. The van der Waals surface area contributed by atoms with Gasteiger partial charge < -0.3 is 0 Å². The Balaban J connectivity index is 2.20. The lowest BCUT2D eigenvalue weighted by Crippen LogP contribution is -1.91. The molecule has 0 atom stereocenters. The Morgan fingerprint density at radius 1 is 1.40 bits per heavy atom. The summed E-state index contributed by atoms with van der Waals surface area (Å²) in [6.45, 7) is 0.794. The van der Waals surface area contributed by atoms with Crippen LogP contribution < -0.4 is 0 Å². The van der Waals surface area contributed by atoms with Crippen LogP contribution in [-0.2, 0) is 0 Å². The molecule has 0 heterocycles. The maximum atomic E-state index is 4.44. The Labute approximate surface area is 66.2 Å². The molecule has 10 heavy (non-hydrogen) atoms. The van der Waals surface area contributed by atoms with E-state index in [4.69, 9.17) is 0 Å². The minimum atomic E-state index is 0.576. The number of rotatable bonds is 3. The molecule has 0 aromatic rings. The van der Waals surface area contributed by atoms with Crippen molar-refractivity contribution in [1.82, 2.24) is 0 Å². The third kappa shape index (κ3) is 2.26.